The molecule has 0 radical (unpaired) electrons. The maximum atomic E-state index is 12.7. The van der Waals surface area contributed by atoms with Crippen LogP contribution in [-0.4, -0.2) is 49.4 Å². The number of allylic oxidation sites excluding steroid dienone is 1. The maximum Gasteiger partial charge on any atom is 0.336 e. The molecule has 4 aliphatic carbocycles. The second-order valence-corrected chi connectivity index (χ2v) is 21.3. The molecular formula is C36H60O5Si. The van der Waals surface area contributed by atoms with Crippen LogP contribution >= 0.6 is 0 Å². The Morgan fingerprint density at radius 1 is 1.17 bits per heavy atom. The summed E-state index contributed by atoms with van der Waals surface area (Å²) in [4.78, 5) is 12.7. The zero-order chi connectivity index (χ0) is 31.4. The molecule has 0 bridgehead atoms. The van der Waals surface area contributed by atoms with Gasteiger partial charge in [0.15, 0.2) is 8.32 Å². The lowest BCUT2D eigenvalue weighted by Crippen LogP contribution is -2.59. The van der Waals surface area contributed by atoms with Gasteiger partial charge in [0.1, 0.15) is 6.10 Å². The molecule has 0 heterocycles. The Hall–Kier alpha value is -1.21. The van der Waals surface area contributed by atoms with Crippen molar-refractivity contribution < 1.29 is 24.2 Å². The number of ether oxygens (including phenoxy) is 1. The van der Waals surface area contributed by atoms with Gasteiger partial charge >= 0.3 is 5.97 Å². The van der Waals surface area contributed by atoms with Crippen molar-refractivity contribution in [3.05, 3.63) is 36.0 Å². The standard InChI is InChI=1S/C36H60O5Si/c1-22(2)18-31(40-33(39)23(3)21-37)24(4)28-14-15-29-27-13-12-25-19-26(38)20-32(41-42(10,11)34(5,6)7)36(25,9)30(27)16-17-35(28,29)8/h12,24,26-32,37-38H,1,3,13-21H2,2,4-11H3/t24-,26+,27-,28+,29-,30-,31+,32-,35+,36-/m0/s1. The summed E-state index contributed by atoms with van der Waals surface area (Å²) in [6, 6.07) is 0. The van der Waals surface area contributed by atoms with Crippen molar-refractivity contribution in [3.63, 3.8) is 0 Å². The number of rotatable bonds is 9. The number of hydrogen-bond acceptors (Lipinski definition) is 5. The number of esters is 1. The van der Waals surface area contributed by atoms with Gasteiger partial charge in [-0.3, -0.25) is 0 Å². The van der Waals surface area contributed by atoms with Crippen LogP contribution in [0.25, 0.3) is 0 Å². The lowest BCUT2D eigenvalue weighted by molar-refractivity contribution is -0.150. The Bertz CT molecular complexity index is 1090. The van der Waals surface area contributed by atoms with Gasteiger partial charge in [0.2, 0.25) is 0 Å². The van der Waals surface area contributed by atoms with E-state index in [1.807, 2.05) is 6.92 Å². The third kappa shape index (κ3) is 5.91. The Balaban J connectivity index is 1.61. The minimum Gasteiger partial charge on any atom is -0.458 e. The van der Waals surface area contributed by atoms with Gasteiger partial charge in [-0.25, -0.2) is 4.79 Å². The van der Waals surface area contributed by atoms with Crippen molar-refractivity contribution in [1.29, 1.82) is 0 Å². The number of hydrogen-bond donors (Lipinski definition) is 2. The largest absolute Gasteiger partial charge is 0.458 e. The molecule has 0 amide bonds. The summed E-state index contributed by atoms with van der Waals surface area (Å²) in [5.41, 5.74) is 2.69. The van der Waals surface area contributed by atoms with E-state index in [1.54, 1.807) is 0 Å². The van der Waals surface area contributed by atoms with Crippen LogP contribution in [0.5, 0.6) is 0 Å². The average Bonchev–Trinajstić information content (AvgIpc) is 3.24. The molecule has 3 fully saturated rings. The molecule has 0 aromatic rings. The van der Waals surface area contributed by atoms with Crippen LogP contribution in [0.15, 0.2) is 36.0 Å². The molecule has 0 aromatic carbocycles. The Morgan fingerprint density at radius 2 is 1.83 bits per heavy atom. The van der Waals surface area contributed by atoms with E-state index in [4.69, 9.17) is 9.16 Å². The first-order chi connectivity index (χ1) is 19.4. The molecule has 2 N–H and O–H groups in total. The van der Waals surface area contributed by atoms with E-state index in [0.717, 1.165) is 31.3 Å². The van der Waals surface area contributed by atoms with Crippen LogP contribution in [-0.2, 0) is 14.0 Å². The predicted molar refractivity (Wildman–Crippen MR) is 173 cm³/mol. The Labute approximate surface area is 257 Å². The lowest BCUT2D eigenvalue weighted by Gasteiger charge is -2.61. The van der Waals surface area contributed by atoms with Crippen LogP contribution in [0, 0.1) is 40.4 Å². The Morgan fingerprint density at radius 3 is 2.43 bits per heavy atom. The zero-order valence-corrected chi connectivity index (χ0v) is 29.1. The van der Waals surface area contributed by atoms with Crippen LogP contribution in [0.2, 0.25) is 18.1 Å². The second kappa shape index (κ2) is 11.9. The molecule has 42 heavy (non-hydrogen) atoms. The number of carbonyl (C=O) groups excluding carboxylic acids is 1. The maximum absolute atomic E-state index is 12.7. The summed E-state index contributed by atoms with van der Waals surface area (Å²) in [5, 5.41) is 20.5. The molecule has 4 rings (SSSR count). The highest BCUT2D eigenvalue weighted by Gasteiger charge is 2.62. The molecule has 0 saturated heterocycles. The van der Waals surface area contributed by atoms with Crippen molar-refractivity contribution in [3.8, 4) is 0 Å². The first-order valence-corrected chi connectivity index (χ1v) is 19.5. The molecule has 0 unspecified atom stereocenters. The quantitative estimate of drug-likeness (QED) is 0.121. The van der Waals surface area contributed by atoms with Crippen LogP contribution < -0.4 is 0 Å². The topological polar surface area (TPSA) is 76.0 Å². The van der Waals surface area contributed by atoms with Gasteiger partial charge < -0.3 is 19.4 Å². The van der Waals surface area contributed by atoms with Gasteiger partial charge in [-0.1, -0.05) is 65.3 Å². The smallest absolute Gasteiger partial charge is 0.336 e. The van der Waals surface area contributed by atoms with Crippen molar-refractivity contribution in [2.45, 2.75) is 136 Å². The summed E-state index contributed by atoms with van der Waals surface area (Å²) >= 11 is 0. The highest BCUT2D eigenvalue weighted by Crippen LogP contribution is 2.68. The SMILES string of the molecule is C=C(C)C[C@@H](OC(=O)C(=C)CO)[C@@H](C)[C@H]1CC[C@H]2[C@@H]3CC=C4C[C@@H](O)C[C@H](O[Si](C)(C)C(C)(C)C)[C@]4(C)[C@H]3CC[C@]12C. The molecule has 238 valence electrons. The summed E-state index contributed by atoms with van der Waals surface area (Å²) < 4.78 is 13.2. The fraction of sp³-hybridized carbons (Fsp3) is 0.806. The number of aliphatic hydroxyl groups is 2. The predicted octanol–water partition coefficient (Wildman–Crippen LogP) is 7.99. The van der Waals surface area contributed by atoms with Gasteiger partial charge in [-0.05, 0) is 105 Å². The molecule has 5 nitrogen and oxygen atoms in total. The summed E-state index contributed by atoms with van der Waals surface area (Å²) in [6.45, 7) is 28.3. The van der Waals surface area contributed by atoms with Crippen molar-refractivity contribution >= 4 is 14.3 Å². The van der Waals surface area contributed by atoms with Gasteiger partial charge in [-0.2, -0.15) is 0 Å². The fourth-order valence-corrected chi connectivity index (χ4v) is 10.9. The third-order valence-corrected chi connectivity index (χ3v) is 17.5. The molecule has 10 atom stereocenters. The summed E-state index contributed by atoms with van der Waals surface area (Å²) in [5.74, 6) is 1.93. The molecule has 0 aromatic heterocycles. The minimum atomic E-state index is -2.03. The monoisotopic (exact) mass is 600 g/mol. The minimum absolute atomic E-state index is 0.0363. The van der Waals surface area contributed by atoms with Crippen molar-refractivity contribution in [2.75, 3.05) is 6.61 Å². The number of fused-ring (bicyclic) bond motifs is 5. The van der Waals surface area contributed by atoms with Gasteiger partial charge in [0.05, 0.1) is 24.4 Å². The molecule has 6 heteroatoms. The first-order valence-electron chi connectivity index (χ1n) is 16.6. The van der Waals surface area contributed by atoms with Crippen LogP contribution in [0.3, 0.4) is 0 Å². The van der Waals surface area contributed by atoms with Crippen LogP contribution in [0.4, 0.5) is 0 Å². The Kier molecular flexibility index (Phi) is 9.58. The van der Waals surface area contributed by atoms with Crippen LogP contribution in [0.1, 0.15) is 99.8 Å². The zero-order valence-electron chi connectivity index (χ0n) is 28.1. The molecule has 0 aliphatic heterocycles. The number of carbonyl (C=O) groups is 1. The van der Waals surface area contributed by atoms with E-state index in [1.165, 1.54) is 24.8 Å². The number of aliphatic hydroxyl groups excluding tert-OH is 2. The van der Waals surface area contributed by atoms with E-state index >= 15 is 0 Å². The van der Waals surface area contributed by atoms with Crippen molar-refractivity contribution in [1.82, 2.24) is 0 Å². The highest BCUT2D eigenvalue weighted by atomic mass is 28.4. The van der Waals surface area contributed by atoms with E-state index in [2.05, 4.69) is 73.9 Å². The summed E-state index contributed by atoms with van der Waals surface area (Å²) in [7, 11) is -2.03. The average molecular weight is 601 g/mol. The molecule has 0 spiro atoms. The van der Waals surface area contributed by atoms with E-state index in [9.17, 15) is 15.0 Å². The second-order valence-electron chi connectivity index (χ2n) is 16.5. The molecular weight excluding hydrogens is 540 g/mol. The normalized spacial score (nSPS) is 37.9. The van der Waals surface area contributed by atoms with E-state index in [-0.39, 0.29) is 52.3 Å². The third-order valence-electron chi connectivity index (χ3n) is 13.0. The van der Waals surface area contributed by atoms with Gasteiger partial charge in [0, 0.05) is 11.8 Å². The summed E-state index contributed by atoms with van der Waals surface area (Å²) in [6.07, 6.45) is 9.91. The highest BCUT2D eigenvalue weighted by molar-refractivity contribution is 6.74. The molecule has 3 saturated carbocycles. The van der Waals surface area contributed by atoms with E-state index < -0.39 is 14.3 Å². The lowest BCUT2D eigenvalue weighted by atomic mass is 9.46. The van der Waals surface area contributed by atoms with Crippen molar-refractivity contribution in [2.24, 2.45) is 40.4 Å². The fourth-order valence-electron chi connectivity index (χ4n) is 9.51. The molecule has 4 aliphatic rings. The first kappa shape index (κ1) is 33.7. The van der Waals surface area contributed by atoms with Gasteiger partial charge in [0.25, 0.3) is 0 Å². The van der Waals surface area contributed by atoms with Gasteiger partial charge in [-0.15, -0.1) is 6.58 Å². The van der Waals surface area contributed by atoms with E-state index in [0.29, 0.717) is 30.1 Å².